The minimum atomic E-state index is -0.633. The van der Waals surface area contributed by atoms with Gasteiger partial charge in [0.2, 0.25) is 11.6 Å². The van der Waals surface area contributed by atoms with Gasteiger partial charge in [-0.3, -0.25) is 14.4 Å². The van der Waals surface area contributed by atoms with Gasteiger partial charge in [0.15, 0.2) is 0 Å². The van der Waals surface area contributed by atoms with Crippen molar-refractivity contribution in [2.45, 2.75) is 140 Å². The van der Waals surface area contributed by atoms with Crippen molar-refractivity contribution in [2.75, 3.05) is 21.3 Å². The first-order valence-corrected chi connectivity index (χ1v) is 19.5. The van der Waals surface area contributed by atoms with Gasteiger partial charge in [-0.05, 0) is 125 Å². The van der Waals surface area contributed by atoms with Crippen molar-refractivity contribution in [3.8, 4) is 0 Å². The van der Waals surface area contributed by atoms with Gasteiger partial charge in [-0.2, -0.15) is 9.78 Å². The van der Waals surface area contributed by atoms with Crippen molar-refractivity contribution in [1.29, 1.82) is 0 Å². The predicted molar refractivity (Wildman–Crippen MR) is 179 cm³/mol. The van der Waals surface area contributed by atoms with Gasteiger partial charge in [-0.15, -0.1) is 0 Å². The molecule has 10 nitrogen and oxygen atoms in total. The highest BCUT2D eigenvalue weighted by Gasteiger charge is 2.67. The highest BCUT2D eigenvalue weighted by Crippen LogP contribution is 2.64. The molecule has 1 heterocycles. The number of hydrogen-bond acceptors (Lipinski definition) is 10. The summed E-state index contributed by atoms with van der Waals surface area (Å²) in [5.74, 6) is 5.69. The monoisotopic (exact) mass is 685 g/mol. The molecule has 11 fully saturated rings. The molecule has 10 saturated carbocycles. The summed E-state index contributed by atoms with van der Waals surface area (Å²) in [7, 11) is 4.52. The Morgan fingerprint density at radius 3 is 1.84 bits per heavy atom. The van der Waals surface area contributed by atoms with E-state index in [0.29, 0.717) is 37.5 Å². The molecule has 10 aliphatic carbocycles. The zero-order valence-electron chi connectivity index (χ0n) is 30.0. The lowest BCUT2D eigenvalue weighted by Gasteiger charge is -2.57. The van der Waals surface area contributed by atoms with Crippen LogP contribution in [-0.2, 0) is 43.2 Å². The number of rotatable bonds is 5. The van der Waals surface area contributed by atoms with Gasteiger partial charge in [0.25, 0.3) is 0 Å². The molecule has 2 spiro atoms. The quantitative estimate of drug-likeness (QED) is 0.167. The zero-order chi connectivity index (χ0) is 34.2. The number of carbonyl (C=O) groups excluding carboxylic acids is 3. The zero-order valence-corrected chi connectivity index (χ0v) is 30.0. The van der Waals surface area contributed by atoms with Crippen LogP contribution in [-0.4, -0.2) is 56.3 Å². The van der Waals surface area contributed by atoms with Crippen LogP contribution in [0.4, 0.5) is 0 Å². The molecule has 3 atom stereocenters. The van der Waals surface area contributed by atoms with Gasteiger partial charge >= 0.3 is 11.9 Å². The first kappa shape index (κ1) is 35.4. The molecule has 0 unspecified atom stereocenters. The van der Waals surface area contributed by atoms with E-state index in [0.717, 1.165) is 74.0 Å². The van der Waals surface area contributed by atoms with Crippen molar-refractivity contribution in [2.24, 2.45) is 64.3 Å². The molecule has 49 heavy (non-hydrogen) atoms. The van der Waals surface area contributed by atoms with Crippen LogP contribution in [0.15, 0.2) is 5.16 Å². The Hall–Kier alpha value is -2.04. The number of ketones is 1. The third kappa shape index (κ3) is 7.62. The Labute approximate surface area is 292 Å². The normalized spacial score (nSPS) is 43.8. The molecule has 0 radical (unpaired) electrons. The lowest BCUT2D eigenvalue weighted by molar-refractivity contribution is -0.390. The van der Waals surface area contributed by atoms with Crippen molar-refractivity contribution in [3.63, 3.8) is 0 Å². The highest BCUT2D eigenvalue weighted by atomic mass is 17.3. The second kappa shape index (κ2) is 14.9. The Bertz CT molecular complexity index is 1190. The summed E-state index contributed by atoms with van der Waals surface area (Å²) in [5, 5.41) is 4.24. The fraction of sp³-hybridized carbons (Fsp3) is 0.897. The van der Waals surface area contributed by atoms with Gasteiger partial charge in [-0.1, -0.05) is 5.16 Å². The summed E-state index contributed by atoms with van der Waals surface area (Å²) < 4.78 is 16.1. The number of nitrogens with zero attached hydrogens (tertiary/aromatic N) is 1. The van der Waals surface area contributed by atoms with Crippen molar-refractivity contribution in [3.05, 3.63) is 0 Å². The molecule has 274 valence electrons. The summed E-state index contributed by atoms with van der Waals surface area (Å²) in [6.07, 6.45) is 21.2. The standard InChI is InChI=1S/C19H28O5.C11H17NO.C9H14O3/c1-21-17(20)10-12-3-2-4-18(11-12)22-19(24-23-18)15-6-13-5-14(8-15)9-16(19)7-13;1-13-12-11-9-3-7-2-8(5-9)6-10(11)4-7;1-12-9(11)6-7-3-2-4-8(10)5-7/h12-16H,2-11H2,1H3;7-10H,2-6H2,1H3;7H,2-6H2,1H3/t12-,13?,14?,15?,16?,18+,19?;;7-/m0.1/s1. The number of hydrogen-bond donors (Lipinski definition) is 0. The Kier molecular flexibility index (Phi) is 10.8. The second-order valence-corrected chi connectivity index (χ2v) is 17.2. The minimum absolute atomic E-state index is 0.139. The minimum Gasteiger partial charge on any atom is -0.469 e. The van der Waals surface area contributed by atoms with Crippen LogP contribution in [0.3, 0.4) is 0 Å². The average molecular weight is 686 g/mol. The molecule has 0 aromatic rings. The van der Waals surface area contributed by atoms with E-state index in [-0.39, 0.29) is 29.6 Å². The van der Waals surface area contributed by atoms with E-state index in [2.05, 4.69) is 9.89 Å². The smallest absolute Gasteiger partial charge is 0.305 e. The number of methoxy groups -OCH3 is 2. The van der Waals surface area contributed by atoms with Gasteiger partial charge in [-0.25, -0.2) is 0 Å². The van der Waals surface area contributed by atoms with Crippen LogP contribution < -0.4 is 0 Å². The molecular weight excluding hydrogens is 626 g/mol. The first-order chi connectivity index (χ1) is 23.7. The maximum absolute atomic E-state index is 11.6. The summed E-state index contributed by atoms with van der Waals surface area (Å²) in [4.78, 5) is 50.4. The molecule has 11 aliphatic rings. The summed E-state index contributed by atoms with van der Waals surface area (Å²) in [6, 6.07) is 0. The summed E-state index contributed by atoms with van der Waals surface area (Å²) in [6.45, 7) is 0. The van der Waals surface area contributed by atoms with E-state index in [1.807, 2.05) is 0 Å². The molecule has 1 aliphatic heterocycles. The van der Waals surface area contributed by atoms with Crippen LogP contribution in [0.2, 0.25) is 0 Å². The molecule has 0 amide bonds. The third-order valence-electron chi connectivity index (χ3n) is 13.8. The Balaban J connectivity index is 0.000000128. The fourth-order valence-corrected chi connectivity index (χ4v) is 12.1. The van der Waals surface area contributed by atoms with Crippen molar-refractivity contribution < 1.29 is 43.2 Å². The number of Topliss-reactive ketones (excluding diaryl/α,β-unsaturated/α-hetero) is 1. The fourth-order valence-electron chi connectivity index (χ4n) is 12.1. The topological polar surface area (TPSA) is 119 Å². The number of ether oxygens (including phenoxy) is 3. The molecule has 8 bridgehead atoms. The molecule has 0 N–H and O–H groups in total. The van der Waals surface area contributed by atoms with Gasteiger partial charge < -0.3 is 19.0 Å². The molecule has 10 heteroatoms. The molecular formula is C39H59NO9. The maximum atomic E-state index is 11.6. The SMILES string of the molecule is COC(=O)C[C@@H]1CCCC(=O)C1.COC(=O)C[C@@H]1CCC[C@]2(C1)OOC1(O2)C2CC3CC(C2)CC1C3.CON=C1C2CC3CC(C2)CC1C3. The van der Waals surface area contributed by atoms with Gasteiger partial charge in [0.1, 0.15) is 12.9 Å². The Morgan fingerprint density at radius 1 is 0.735 bits per heavy atom. The molecule has 11 rings (SSSR count). The molecule has 1 saturated heterocycles. The van der Waals surface area contributed by atoms with Crippen LogP contribution in [0.5, 0.6) is 0 Å². The number of oxime groups is 1. The lowest BCUT2D eigenvalue weighted by Crippen LogP contribution is -2.59. The first-order valence-electron chi connectivity index (χ1n) is 19.5. The van der Waals surface area contributed by atoms with Crippen molar-refractivity contribution in [1.82, 2.24) is 0 Å². The van der Waals surface area contributed by atoms with E-state index in [1.165, 1.54) is 84.1 Å². The van der Waals surface area contributed by atoms with Crippen LogP contribution in [0.25, 0.3) is 0 Å². The lowest BCUT2D eigenvalue weighted by atomic mass is 9.53. The van der Waals surface area contributed by atoms with E-state index in [4.69, 9.17) is 24.1 Å². The highest BCUT2D eigenvalue weighted by molar-refractivity contribution is 5.90. The van der Waals surface area contributed by atoms with E-state index in [1.54, 1.807) is 7.11 Å². The van der Waals surface area contributed by atoms with Gasteiger partial charge in [0, 0.05) is 62.2 Å². The van der Waals surface area contributed by atoms with Gasteiger partial charge in [0.05, 0.1) is 19.9 Å². The molecule has 0 aromatic carbocycles. The number of carbonyl (C=O) groups is 3. The van der Waals surface area contributed by atoms with Crippen LogP contribution in [0, 0.1) is 59.2 Å². The summed E-state index contributed by atoms with van der Waals surface area (Å²) >= 11 is 0. The number of esters is 2. The van der Waals surface area contributed by atoms with Crippen LogP contribution in [0.1, 0.15) is 128 Å². The predicted octanol–water partition coefficient (Wildman–Crippen LogP) is 7.32. The third-order valence-corrected chi connectivity index (χ3v) is 13.8. The van der Waals surface area contributed by atoms with Crippen LogP contribution >= 0.6 is 0 Å². The van der Waals surface area contributed by atoms with E-state index < -0.39 is 11.6 Å². The summed E-state index contributed by atoms with van der Waals surface area (Å²) in [5.41, 5.74) is 1.40. The molecule has 0 aromatic heterocycles. The largest absolute Gasteiger partial charge is 0.469 e. The Morgan fingerprint density at radius 2 is 1.29 bits per heavy atom. The van der Waals surface area contributed by atoms with E-state index >= 15 is 0 Å². The maximum Gasteiger partial charge on any atom is 0.305 e. The van der Waals surface area contributed by atoms with Crippen molar-refractivity contribution >= 4 is 23.4 Å². The van der Waals surface area contributed by atoms with E-state index in [9.17, 15) is 14.4 Å². The average Bonchev–Trinajstić information content (AvgIpc) is 3.44. The second-order valence-electron chi connectivity index (χ2n) is 17.2.